The molecular formula is C9H20N4. The normalized spacial score (nSPS) is 28.4. The van der Waals surface area contributed by atoms with E-state index in [0.717, 1.165) is 13.1 Å². The molecule has 1 rings (SSSR count). The van der Waals surface area contributed by atoms with E-state index in [9.17, 15) is 0 Å². The van der Waals surface area contributed by atoms with Crippen molar-refractivity contribution < 1.29 is 0 Å². The predicted molar refractivity (Wildman–Crippen MR) is 54.4 cm³/mol. The van der Waals surface area contributed by atoms with Gasteiger partial charge >= 0.3 is 0 Å². The second-order valence-electron chi connectivity index (χ2n) is 3.83. The summed E-state index contributed by atoms with van der Waals surface area (Å²) in [6.45, 7) is 1.58. The van der Waals surface area contributed by atoms with Gasteiger partial charge in [-0.25, -0.2) is 0 Å². The number of hydrogen-bond donors (Lipinski definition) is 4. The van der Waals surface area contributed by atoms with Crippen LogP contribution in [0.1, 0.15) is 25.7 Å². The first-order valence-corrected chi connectivity index (χ1v) is 5.02. The van der Waals surface area contributed by atoms with Crippen molar-refractivity contribution in [3.8, 4) is 0 Å². The third kappa shape index (κ3) is 3.22. The van der Waals surface area contributed by atoms with Gasteiger partial charge in [-0.05, 0) is 31.2 Å². The van der Waals surface area contributed by atoms with E-state index >= 15 is 0 Å². The fourth-order valence-corrected chi connectivity index (χ4v) is 2.10. The highest BCUT2D eigenvalue weighted by Crippen LogP contribution is 2.28. The minimum absolute atomic E-state index is 0.0707. The Balaban J connectivity index is 2.31. The van der Waals surface area contributed by atoms with Crippen molar-refractivity contribution in [1.82, 2.24) is 5.32 Å². The smallest absolute Gasteiger partial charge is 0.185 e. The van der Waals surface area contributed by atoms with E-state index in [-0.39, 0.29) is 5.96 Å². The van der Waals surface area contributed by atoms with Crippen LogP contribution in [0.5, 0.6) is 0 Å². The van der Waals surface area contributed by atoms with Gasteiger partial charge in [0.1, 0.15) is 0 Å². The lowest BCUT2D eigenvalue weighted by Crippen LogP contribution is -2.39. The van der Waals surface area contributed by atoms with Gasteiger partial charge in [0.05, 0.1) is 0 Å². The summed E-state index contributed by atoms with van der Waals surface area (Å²) in [6.07, 6.45) is 5.06. The zero-order valence-electron chi connectivity index (χ0n) is 8.05. The first kappa shape index (κ1) is 10.3. The summed E-state index contributed by atoms with van der Waals surface area (Å²) < 4.78 is 0. The van der Waals surface area contributed by atoms with E-state index in [4.69, 9.17) is 16.9 Å². The first-order valence-electron chi connectivity index (χ1n) is 5.02. The summed E-state index contributed by atoms with van der Waals surface area (Å²) >= 11 is 0. The summed E-state index contributed by atoms with van der Waals surface area (Å²) in [5, 5.41) is 9.96. The van der Waals surface area contributed by atoms with Gasteiger partial charge in [-0.15, -0.1) is 0 Å². The van der Waals surface area contributed by atoms with Crippen LogP contribution in [0.3, 0.4) is 0 Å². The van der Waals surface area contributed by atoms with Gasteiger partial charge in [0.15, 0.2) is 5.96 Å². The summed E-state index contributed by atoms with van der Waals surface area (Å²) in [7, 11) is 0. The van der Waals surface area contributed by atoms with Gasteiger partial charge in [0.25, 0.3) is 0 Å². The zero-order valence-corrected chi connectivity index (χ0v) is 8.05. The molecule has 13 heavy (non-hydrogen) atoms. The monoisotopic (exact) mass is 184 g/mol. The van der Waals surface area contributed by atoms with Crippen molar-refractivity contribution >= 4 is 5.96 Å². The van der Waals surface area contributed by atoms with Gasteiger partial charge in [0.2, 0.25) is 0 Å². The van der Waals surface area contributed by atoms with Crippen molar-refractivity contribution in [2.75, 3.05) is 13.1 Å². The molecule has 0 bridgehead atoms. The number of hydrogen-bond acceptors (Lipinski definition) is 2. The van der Waals surface area contributed by atoms with Crippen LogP contribution in [-0.2, 0) is 0 Å². The number of guanidine groups is 1. The average Bonchev–Trinajstić information content (AvgIpc) is 2.15. The molecule has 1 fully saturated rings. The Kier molecular flexibility index (Phi) is 4.02. The number of nitrogens with two attached hydrogens (primary N) is 2. The van der Waals surface area contributed by atoms with E-state index in [1.165, 1.54) is 25.7 Å². The van der Waals surface area contributed by atoms with Gasteiger partial charge < -0.3 is 16.8 Å². The molecule has 1 aliphatic carbocycles. The summed E-state index contributed by atoms with van der Waals surface area (Å²) in [6, 6.07) is 0. The highest BCUT2D eigenvalue weighted by Gasteiger charge is 2.23. The molecule has 1 saturated carbocycles. The Labute approximate surface area is 79.6 Å². The molecule has 2 atom stereocenters. The quantitative estimate of drug-likeness (QED) is 0.374. The lowest BCUT2D eigenvalue weighted by Gasteiger charge is -2.30. The van der Waals surface area contributed by atoms with E-state index in [2.05, 4.69) is 5.32 Å². The van der Waals surface area contributed by atoms with Crippen LogP contribution in [0, 0.1) is 17.2 Å². The molecule has 0 radical (unpaired) electrons. The van der Waals surface area contributed by atoms with Crippen LogP contribution in [0.2, 0.25) is 0 Å². The van der Waals surface area contributed by atoms with Crippen LogP contribution in [0.4, 0.5) is 0 Å². The molecule has 4 nitrogen and oxygen atoms in total. The molecule has 76 valence electrons. The van der Waals surface area contributed by atoms with Gasteiger partial charge in [-0.3, -0.25) is 5.41 Å². The minimum Gasteiger partial charge on any atom is -0.370 e. The van der Waals surface area contributed by atoms with Crippen molar-refractivity contribution in [1.29, 1.82) is 5.41 Å². The van der Waals surface area contributed by atoms with E-state index in [0.29, 0.717) is 11.8 Å². The van der Waals surface area contributed by atoms with Crippen molar-refractivity contribution in [3.63, 3.8) is 0 Å². The van der Waals surface area contributed by atoms with Crippen LogP contribution < -0.4 is 16.8 Å². The molecule has 6 N–H and O–H groups in total. The Morgan fingerprint density at radius 2 is 1.92 bits per heavy atom. The molecule has 1 aliphatic rings. The van der Waals surface area contributed by atoms with E-state index < -0.39 is 0 Å². The summed E-state index contributed by atoms with van der Waals surface area (Å²) in [4.78, 5) is 0. The van der Waals surface area contributed by atoms with Crippen LogP contribution in [0.25, 0.3) is 0 Å². The summed E-state index contributed by atoms with van der Waals surface area (Å²) in [5.74, 6) is 1.31. The molecule has 0 amide bonds. The molecule has 0 heterocycles. The molecule has 0 aromatic rings. The predicted octanol–water partition coefficient (Wildman–Crippen LogP) is 0.235. The standard InChI is InChI=1S/C9H20N4/c10-5-7-3-1-2-4-8(7)6-13-9(11)12/h7-8H,1-6,10H2,(H4,11,12,13). The average molecular weight is 184 g/mol. The molecule has 0 saturated heterocycles. The second-order valence-corrected chi connectivity index (χ2v) is 3.83. The van der Waals surface area contributed by atoms with Crippen molar-refractivity contribution in [3.05, 3.63) is 0 Å². The zero-order chi connectivity index (χ0) is 9.68. The molecule has 2 unspecified atom stereocenters. The molecule has 4 heteroatoms. The Morgan fingerprint density at radius 3 is 2.46 bits per heavy atom. The van der Waals surface area contributed by atoms with Crippen LogP contribution in [-0.4, -0.2) is 19.0 Å². The highest BCUT2D eigenvalue weighted by atomic mass is 15.0. The maximum atomic E-state index is 7.07. The van der Waals surface area contributed by atoms with E-state index in [1.54, 1.807) is 0 Å². The second kappa shape index (κ2) is 5.07. The third-order valence-electron chi connectivity index (χ3n) is 2.92. The largest absolute Gasteiger partial charge is 0.370 e. The molecule has 0 aliphatic heterocycles. The lowest BCUT2D eigenvalue weighted by molar-refractivity contribution is 0.244. The van der Waals surface area contributed by atoms with Crippen molar-refractivity contribution in [2.45, 2.75) is 25.7 Å². The fourth-order valence-electron chi connectivity index (χ4n) is 2.10. The van der Waals surface area contributed by atoms with E-state index in [1.807, 2.05) is 0 Å². The highest BCUT2D eigenvalue weighted by molar-refractivity contribution is 5.74. The molecule has 0 aromatic heterocycles. The van der Waals surface area contributed by atoms with Crippen molar-refractivity contribution in [2.24, 2.45) is 23.3 Å². The van der Waals surface area contributed by atoms with Gasteiger partial charge in [0, 0.05) is 6.54 Å². The maximum Gasteiger partial charge on any atom is 0.185 e. The topological polar surface area (TPSA) is 87.9 Å². The third-order valence-corrected chi connectivity index (χ3v) is 2.92. The molecule has 0 spiro atoms. The number of rotatable bonds is 3. The lowest BCUT2D eigenvalue weighted by atomic mass is 9.79. The molecular weight excluding hydrogens is 164 g/mol. The van der Waals surface area contributed by atoms with Crippen LogP contribution >= 0.6 is 0 Å². The van der Waals surface area contributed by atoms with Gasteiger partial charge in [-0.2, -0.15) is 0 Å². The Morgan fingerprint density at radius 1 is 1.31 bits per heavy atom. The first-order chi connectivity index (χ1) is 6.24. The Bertz CT molecular complexity index is 169. The van der Waals surface area contributed by atoms with Gasteiger partial charge in [-0.1, -0.05) is 12.8 Å². The number of nitrogens with one attached hydrogen (secondary N) is 2. The summed E-state index contributed by atoms with van der Waals surface area (Å²) in [5.41, 5.74) is 10.9. The molecule has 0 aromatic carbocycles. The fraction of sp³-hybridized carbons (Fsp3) is 0.889. The SMILES string of the molecule is N=C(N)NCC1CCCCC1CN. The maximum absolute atomic E-state index is 7.07. The Hall–Kier alpha value is -0.770. The van der Waals surface area contributed by atoms with Crippen LogP contribution in [0.15, 0.2) is 0 Å². The minimum atomic E-state index is 0.0707.